The number of aromatic nitrogens is 2. The van der Waals surface area contributed by atoms with Gasteiger partial charge in [-0.2, -0.15) is 0 Å². The molecule has 0 atom stereocenters. The van der Waals surface area contributed by atoms with Gasteiger partial charge in [-0.15, -0.1) is 22.7 Å². The van der Waals surface area contributed by atoms with Crippen molar-refractivity contribution < 1.29 is 0 Å². The van der Waals surface area contributed by atoms with E-state index in [1.165, 1.54) is 118 Å². The molecule has 4 heteroatoms. The van der Waals surface area contributed by atoms with E-state index in [0.717, 1.165) is 0 Å². The highest BCUT2D eigenvalue weighted by Gasteiger charge is 2.33. The quantitative estimate of drug-likeness (QED) is 0.168. The molecule has 1 aliphatic rings. The van der Waals surface area contributed by atoms with Gasteiger partial charge in [0.15, 0.2) is 0 Å². The topological polar surface area (TPSA) is 9.86 Å². The molecule has 2 nitrogen and oxygen atoms in total. The number of hydrogen-bond donors (Lipinski definition) is 0. The first-order chi connectivity index (χ1) is 29.0. The van der Waals surface area contributed by atoms with Gasteiger partial charge in [0, 0.05) is 78.7 Å². The summed E-state index contributed by atoms with van der Waals surface area (Å²) < 4.78 is 10.3. The molecule has 12 aromatic rings. The maximum atomic E-state index is 2.44. The molecule has 0 aliphatic heterocycles. The van der Waals surface area contributed by atoms with Gasteiger partial charge < -0.3 is 9.13 Å². The maximum Gasteiger partial charge on any atom is 0.0555 e. The first-order valence-electron chi connectivity index (χ1n) is 20.3. The Labute approximate surface area is 348 Å². The molecule has 0 saturated heterocycles. The fourth-order valence-electron chi connectivity index (χ4n) is 10.2. The van der Waals surface area contributed by atoms with Gasteiger partial charge in [-0.05, 0) is 82.9 Å². The van der Waals surface area contributed by atoms with E-state index in [0.29, 0.717) is 0 Å². The van der Waals surface area contributed by atoms with Crippen molar-refractivity contribution in [2.75, 3.05) is 0 Å². The predicted molar refractivity (Wildman–Crippen MR) is 257 cm³/mol. The van der Waals surface area contributed by atoms with Gasteiger partial charge in [0.25, 0.3) is 0 Å². The lowest BCUT2D eigenvalue weighted by Gasteiger charge is -2.28. The Kier molecular flexibility index (Phi) is 6.85. The fourth-order valence-corrected chi connectivity index (χ4v) is 12.8. The summed E-state index contributed by atoms with van der Waals surface area (Å²) in [5.74, 6) is 0. The van der Waals surface area contributed by atoms with Crippen molar-refractivity contribution in [3.05, 3.63) is 193 Å². The summed E-state index contributed by atoms with van der Waals surface area (Å²) >= 11 is 3.81. The predicted octanol–water partition coefficient (Wildman–Crippen LogP) is 16.1. The van der Waals surface area contributed by atoms with Gasteiger partial charge in [0.05, 0.1) is 22.1 Å². The molecular weight excluding hydrogens is 753 g/mol. The first-order valence-corrected chi connectivity index (χ1v) is 22.0. The summed E-state index contributed by atoms with van der Waals surface area (Å²) in [4.78, 5) is 0. The maximum absolute atomic E-state index is 2.44. The molecule has 59 heavy (non-hydrogen) atoms. The van der Waals surface area contributed by atoms with E-state index in [1.807, 2.05) is 22.7 Å². The molecule has 0 unspecified atom stereocenters. The Morgan fingerprint density at radius 1 is 0.356 bits per heavy atom. The molecule has 4 aromatic heterocycles. The third-order valence-electron chi connectivity index (χ3n) is 13.0. The van der Waals surface area contributed by atoms with Crippen LogP contribution in [0.4, 0.5) is 0 Å². The highest BCUT2D eigenvalue weighted by molar-refractivity contribution is 7.27. The second-order valence-corrected chi connectivity index (χ2v) is 18.6. The lowest BCUT2D eigenvalue weighted by molar-refractivity contribution is 0.682. The van der Waals surface area contributed by atoms with Crippen molar-refractivity contribution >= 4 is 118 Å². The van der Waals surface area contributed by atoms with Gasteiger partial charge in [0.1, 0.15) is 0 Å². The Balaban J connectivity index is 0.844. The van der Waals surface area contributed by atoms with Crippen LogP contribution in [0.3, 0.4) is 0 Å². The summed E-state index contributed by atoms with van der Waals surface area (Å²) in [6.45, 7) is 4.73. The van der Waals surface area contributed by atoms with Crippen molar-refractivity contribution in [3.63, 3.8) is 0 Å². The summed E-state index contributed by atoms with van der Waals surface area (Å²) in [7, 11) is 0. The Bertz CT molecular complexity index is 3540. The van der Waals surface area contributed by atoms with Crippen molar-refractivity contribution in [1.29, 1.82) is 0 Å². The summed E-state index contributed by atoms with van der Waals surface area (Å²) in [5.41, 5.74) is 12.4. The van der Waals surface area contributed by atoms with Crippen LogP contribution in [0.1, 0.15) is 25.0 Å². The largest absolute Gasteiger partial charge is 0.309 e. The van der Waals surface area contributed by atoms with Crippen molar-refractivity contribution in [3.8, 4) is 11.4 Å². The average molecular weight is 789 g/mol. The normalized spacial score (nSPS) is 14.3. The van der Waals surface area contributed by atoms with Gasteiger partial charge in [0.2, 0.25) is 0 Å². The molecule has 0 amide bonds. The molecule has 1 aliphatic carbocycles. The van der Waals surface area contributed by atoms with E-state index in [1.54, 1.807) is 0 Å². The van der Waals surface area contributed by atoms with Crippen LogP contribution in [-0.4, -0.2) is 9.13 Å². The van der Waals surface area contributed by atoms with Crippen LogP contribution in [0, 0.1) is 5.41 Å². The summed E-state index contributed by atoms with van der Waals surface area (Å²) in [6.07, 6.45) is 4.67. The van der Waals surface area contributed by atoms with E-state index < -0.39 is 0 Å². The van der Waals surface area contributed by atoms with Crippen LogP contribution in [0.15, 0.2) is 182 Å². The van der Waals surface area contributed by atoms with Gasteiger partial charge in [-0.1, -0.05) is 135 Å². The second kappa shape index (κ2) is 12.2. The number of allylic oxidation sites excluding steroid dienone is 4. The van der Waals surface area contributed by atoms with Crippen molar-refractivity contribution in [2.24, 2.45) is 5.41 Å². The summed E-state index contributed by atoms with van der Waals surface area (Å²) in [6, 6.07) is 63.1. The molecule has 0 fully saturated rings. The Hall–Kier alpha value is -6.72. The van der Waals surface area contributed by atoms with Crippen LogP contribution < -0.4 is 0 Å². The highest BCUT2D eigenvalue weighted by Crippen LogP contribution is 2.51. The highest BCUT2D eigenvalue weighted by atomic mass is 32.1. The molecule has 8 aromatic carbocycles. The zero-order valence-electron chi connectivity index (χ0n) is 32.5. The number of nitrogens with zero attached hydrogens (tertiary/aromatic N) is 2. The molecule has 0 spiro atoms. The molecule has 0 radical (unpaired) electrons. The van der Waals surface area contributed by atoms with Crippen LogP contribution >= 0.6 is 22.7 Å². The average Bonchev–Trinajstić information content (AvgIpc) is 4.08. The monoisotopic (exact) mass is 788 g/mol. The van der Waals surface area contributed by atoms with E-state index in [9.17, 15) is 0 Å². The first kappa shape index (κ1) is 33.3. The summed E-state index contributed by atoms with van der Waals surface area (Å²) in [5, 5.41) is 10.6. The SMILES string of the molecule is CC1(C)C(c2ccc(-n3c4ccccc4c4c5sc6ccccc6c5ccc43)cc2)=CC=C1c1ccc(-n2c3ccccc3c3c4sc5ccccc5c4ccc32)cc1. The van der Waals surface area contributed by atoms with E-state index in [-0.39, 0.29) is 5.41 Å². The number of thiophene rings is 2. The Morgan fingerprint density at radius 3 is 1.19 bits per heavy atom. The second-order valence-electron chi connectivity index (χ2n) is 16.5. The van der Waals surface area contributed by atoms with Gasteiger partial charge >= 0.3 is 0 Å². The van der Waals surface area contributed by atoms with Crippen molar-refractivity contribution in [1.82, 2.24) is 9.13 Å². The third kappa shape index (κ3) is 4.61. The fraction of sp³-hybridized carbons (Fsp3) is 0.0545. The molecule has 4 heterocycles. The molecular formula is C55H36N2S2. The zero-order valence-corrected chi connectivity index (χ0v) is 34.2. The minimum atomic E-state index is -0.164. The number of fused-ring (bicyclic) bond motifs is 14. The van der Waals surface area contributed by atoms with Crippen molar-refractivity contribution in [2.45, 2.75) is 13.8 Å². The van der Waals surface area contributed by atoms with E-state index >= 15 is 0 Å². The van der Waals surface area contributed by atoms with E-state index in [4.69, 9.17) is 0 Å². The molecule has 0 N–H and O–H groups in total. The zero-order chi connectivity index (χ0) is 39.0. The van der Waals surface area contributed by atoms with E-state index in [2.05, 4.69) is 205 Å². The number of rotatable bonds is 4. The minimum Gasteiger partial charge on any atom is -0.309 e. The molecule has 13 rings (SSSR count). The molecule has 278 valence electrons. The standard InChI is InChI=1S/C55H36N2S2/c1-55(2)43(33-19-23-35(24-20-33)56-45-15-7-3-13-41(45)51-47(56)31-27-39-37-11-5-9-17-49(37)58-53(39)51)29-30-44(55)34-21-25-36(26-22-34)57-46-16-8-4-14-42(46)52-48(57)32-28-40-38-12-6-10-18-50(38)59-54(40)52/h3-32H,1-2H3. The number of hydrogen-bond acceptors (Lipinski definition) is 2. The molecule has 0 saturated carbocycles. The Morgan fingerprint density at radius 2 is 0.746 bits per heavy atom. The van der Waals surface area contributed by atoms with Crippen LogP contribution in [0.5, 0.6) is 0 Å². The van der Waals surface area contributed by atoms with Gasteiger partial charge in [-0.25, -0.2) is 0 Å². The minimum absolute atomic E-state index is 0.164. The van der Waals surface area contributed by atoms with Gasteiger partial charge in [-0.3, -0.25) is 0 Å². The number of para-hydroxylation sites is 2. The van der Waals surface area contributed by atoms with Crippen LogP contribution in [0.2, 0.25) is 0 Å². The molecule has 0 bridgehead atoms. The number of benzene rings is 8. The van der Waals surface area contributed by atoms with Crippen LogP contribution in [-0.2, 0) is 0 Å². The van der Waals surface area contributed by atoms with Crippen LogP contribution in [0.25, 0.3) is 106 Å². The lowest BCUT2D eigenvalue weighted by atomic mass is 9.75. The third-order valence-corrected chi connectivity index (χ3v) is 15.4. The lowest BCUT2D eigenvalue weighted by Crippen LogP contribution is -2.13. The smallest absolute Gasteiger partial charge is 0.0555 e.